The third kappa shape index (κ3) is 7.22. The predicted octanol–water partition coefficient (Wildman–Crippen LogP) is 5.05. The molecule has 0 spiro atoms. The molecule has 1 aromatic heterocycles. The van der Waals surface area contributed by atoms with Crippen LogP contribution in [0.2, 0.25) is 5.02 Å². The largest absolute Gasteiger partial charge is 0.492 e. The van der Waals surface area contributed by atoms with Crippen molar-refractivity contribution in [2.45, 2.75) is 45.4 Å². The molecule has 0 aliphatic rings. The van der Waals surface area contributed by atoms with E-state index in [1.807, 2.05) is 72.0 Å². The number of nitrogens with zero attached hydrogens (tertiary/aromatic N) is 3. The van der Waals surface area contributed by atoms with E-state index in [9.17, 15) is 10.2 Å². The van der Waals surface area contributed by atoms with E-state index in [1.165, 1.54) is 0 Å². The Balaban J connectivity index is 1.60. The van der Waals surface area contributed by atoms with Crippen LogP contribution >= 0.6 is 45.8 Å². The van der Waals surface area contributed by atoms with Gasteiger partial charge in [-0.05, 0) is 58.0 Å². The van der Waals surface area contributed by atoms with Crippen LogP contribution in [0.5, 0.6) is 11.5 Å². The molecule has 3 aromatic rings. The first-order valence-corrected chi connectivity index (χ1v) is 13.2. The van der Waals surface area contributed by atoms with Crippen LogP contribution in [0.3, 0.4) is 0 Å². The average molecular weight is 634 g/mol. The average Bonchev–Trinajstić information content (AvgIpc) is 3.20. The number of aromatic nitrogens is 3. The normalized spacial score (nSPS) is 13.5. The number of rotatable bonds is 12. The van der Waals surface area contributed by atoms with Crippen LogP contribution in [0.1, 0.15) is 37.6 Å². The lowest BCUT2D eigenvalue weighted by Crippen LogP contribution is -2.25. The molecule has 0 fully saturated rings. The number of aliphatic hydroxyl groups excluding tert-OH is 2. The first-order valence-electron chi connectivity index (χ1n) is 11.2. The second kappa shape index (κ2) is 12.6. The Morgan fingerprint density at radius 3 is 2.37 bits per heavy atom. The van der Waals surface area contributed by atoms with Crippen LogP contribution in [0.4, 0.5) is 0 Å². The van der Waals surface area contributed by atoms with Gasteiger partial charge in [-0.1, -0.05) is 55.8 Å². The summed E-state index contributed by atoms with van der Waals surface area (Å²) in [7, 11) is 0. The van der Waals surface area contributed by atoms with Crippen LogP contribution in [0.25, 0.3) is 0 Å². The van der Waals surface area contributed by atoms with Crippen LogP contribution in [-0.2, 0) is 18.6 Å². The van der Waals surface area contributed by atoms with E-state index in [0.717, 1.165) is 11.1 Å². The highest BCUT2D eigenvalue weighted by Crippen LogP contribution is 2.36. The third-order valence-corrected chi connectivity index (χ3v) is 7.73. The number of alkyl halides is 1. The molecular formula is C25H30Cl2IN3O4. The van der Waals surface area contributed by atoms with Gasteiger partial charge in [0.1, 0.15) is 33.6 Å². The molecule has 0 saturated carbocycles. The summed E-state index contributed by atoms with van der Waals surface area (Å²) in [4.78, 5) is 0. The van der Waals surface area contributed by atoms with Crippen LogP contribution in [0.15, 0.2) is 42.5 Å². The van der Waals surface area contributed by atoms with E-state index in [-0.39, 0.29) is 31.1 Å². The van der Waals surface area contributed by atoms with Crippen LogP contribution in [0, 0.1) is 9.62 Å². The van der Waals surface area contributed by atoms with E-state index in [1.54, 1.807) is 4.68 Å². The minimum atomic E-state index is -0.775. The molecule has 0 aliphatic heterocycles. The molecule has 0 aliphatic carbocycles. The van der Waals surface area contributed by atoms with Gasteiger partial charge in [0.25, 0.3) is 0 Å². The molecular weight excluding hydrogens is 604 g/mol. The highest BCUT2D eigenvalue weighted by molar-refractivity contribution is 14.1. The number of ether oxygens (including phenoxy) is 2. The van der Waals surface area contributed by atoms with Crippen LogP contribution in [-0.4, -0.2) is 50.4 Å². The van der Waals surface area contributed by atoms with Gasteiger partial charge >= 0.3 is 0 Å². The fourth-order valence-corrected chi connectivity index (χ4v) is 4.31. The summed E-state index contributed by atoms with van der Waals surface area (Å²) in [6.45, 7) is 6.95. The number of halogens is 3. The van der Waals surface area contributed by atoms with Crippen molar-refractivity contribution in [2.24, 2.45) is 5.92 Å². The minimum Gasteiger partial charge on any atom is -0.492 e. The quantitative estimate of drug-likeness (QED) is 0.214. The number of benzene rings is 2. The zero-order chi connectivity index (χ0) is 25.6. The van der Waals surface area contributed by atoms with Crippen molar-refractivity contribution in [3.05, 3.63) is 68.0 Å². The molecule has 190 valence electrons. The first kappa shape index (κ1) is 28.0. The molecule has 2 N–H and O–H groups in total. The molecule has 0 radical (unpaired) electrons. The second-order valence-corrected chi connectivity index (χ2v) is 10.7. The van der Waals surface area contributed by atoms with E-state index >= 15 is 0 Å². The van der Waals surface area contributed by atoms with E-state index < -0.39 is 6.10 Å². The highest BCUT2D eigenvalue weighted by atomic mass is 127. The highest BCUT2D eigenvalue weighted by Gasteiger charge is 2.24. The van der Waals surface area contributed by atoms with Gasteiger partial charge in [-0.3, -0.25) is 0 Å². The number of hydrogen-bond acceptors (Lipinski definition) is 6. The second-order valence-electron chi connectivity index (χ2n) is 9.00. The monoisotopic (exact) mass is 633 g/mol. The van der Waals surface area contributed by atoms with Crippen molar-refractivity contribution >= 4 is 45.8 Å². The number of hydrogen-bond donors (Lipinski definition) is 2. The predicted molar refractivity (Wildman–Crippen MR) is 146 cm³/mol. The Labute approximate surface area is 229 Å². The third-order valence-electron chi connectivity index (χ3n) is 5.73. The molecule has 35 heavy (non-hydrogen) atoms. The summed E-state index contributed by atoms with van der Waals surface area (Å²) in [6.07, 6.45) is -0.775. The van der Waals surface area contributed by atoms with Crippen LogP contribution < -0.4 is 9.47 Å². The number of aliphatic hydroxyl groups is 2. The molecule has 0 amide bonds. The van der Waals surface area contributed by atoms with Crippen molar-refractivity contribution in [2.75, 3.05) is 19.1 Å². The maximum atomic E-state index is 10.3. The summed E-state index contributed by atoms with van der Waals surface area (Å²) >= 11 is 14.4. The lowest BCUT2D eigenvalue weighted by molar-refractivity contribution is 0.0881. The van der Waals surface area contributed by atoms with Crippen molar-refractivity contribution in [1.82, 2.24) is 15.0 Å². The molecule has 3 rings (SSSR count). The summed E-state index contributed by atoms with van der Waals surface area (Å²) < 4.78 is 13.8. The Hall–Kier alpha value is -1.59. The van der Waals surface area contributed by atoms with E-state index in [2.05, 4.69) is 24.2 Å². The van der Waals surface area contributed by atoms with Gasteiger partial charge in [0.15, 0.2) is 0 Å². The lowest BCUT2D eigenvalue weighted by atomic mass is 9.78. The van der Waals surface area contributed by atoms with Gasteiger partial charge in [-0.25, -0.2) is 4.68 Å². The molecule has 0 bridgehead atoms. The van der Waals surface area contributed by atoms with Gasteiger partial charge in [-0.2, -0.15) is 0 Å². The fourth-order valence-electron chi connectivity index (χ4n) is 3.41. The van der Waals surface area contributed by atoms with Crippen molar-refractivity contribution < 1.29 is 19.7 Å². The Bertz CT molecular complexity index is 1110. The zero-order valence-corrected chi connectivity index (χ0v) is 23.6. The molecule has 0 saturated heterocycles. The molecule has 7 nitrogen and oxygen atoms in total. The summed E-state index contributed by atoms with van der Waals surface area (Å²) in [5.41, 5.74) is 2.35. The van der Waals surface area contributed by atoms with Crippen molar-refractivity contribution in [1.29, 1.82) is 0 Å². The molecule has 0 unspecified atom stereocenters. The first-order chi connectivity index (χ1) is 16.6. The molecule has 10 heteroatoms. The Morgan fingerprint density at radius 1 is 1.09 bits per heavy atom. The van der Waals surface area contributed by atoms with Gasteiger partial charge in [0.2, 0.25) is 0 Å². The van der Waals surface area contributed by atoms with E-state index in [0.29, 0.717) is 38.4 Å². The summed E-state index contributed by atoms with van der Waals surface area (Å²) in [5.74, 6) is 2.09. The lowest BCUT2D eigenvalue weighted by Gasteiger charge is -2.27. The zero-order valence-electron chi connectivity index (χ0n) is 19.9. The smallest absolute Gasteiger partial charge is 0.137 e. The van der Waals surface area contributed by atoms with Gasteiger partial charge in [-0.15, -0.1) is 16.7 Å². The minimum absolute atomic E-state index is 0.104. The van der Waals surface area contributed by atoms with Crippen molar-refractivity contribution in [3.8, 4) is 11.5 Å². The summed E-state index contributed by atoms with van der Waals surface area (Å²) in [6, 6.07) is 13.7. The summed E-state index contributed by atoms with van der Waals surface area (Å²) in [5, 5.41) is 27.9. The van der Waals surface area contributed by atoms with E-state index in [4.69, 9.17) is 32.7 Å². The standard InChI is InChI=1S/C25H30Cl2IN3O4/c1-16(11-26)14-35-23-9-6-18(10-21(23)27)25(2,3)17-4-7-20(8-5-17)34-15-19(33)12-31-24(28)22(13-32)29-30-31/h4-10,16,19,32-33H,11-15H2,1-3H3/t16-,19-/m1/s1. The Kier molecular flexibility index (Phi) is 10.1. The fraction of sp³-hybridized carbons (Fsp3) is 0.440. The van der Waals surface area contributed by atoms with Gasteiger partial charge in [0, 0.05) is 17.2 Å². The molecule has 1 heterocycles. The Morgan fingerprint density at radius 2 is 1.77 bits per heavy atom. The molecule has 2 atom stereocenters. The van der Waals surface area contributed by atoms with Gasteiger partial charge < -0.3 is 19.7 Å². The maximum Gasteiger partial charge on any atom is 0.137 e. The molecule has 2 aromatic carbocycles. The SMILES string of the molecule is C[C@H](CCl)COc1ccc(C(C)(C)c2ccc(OC[C@H](O)Cn3nnc(CO)c3I)cc2)cc1Cl. The van der Waals surface area contributed by atoms with Crippen molar-refractivity contribution in [3.63, 3.8) is 0 Å². The topological polar surface area (TPSA) is 89.6 Å². The van der Waals surface area contributed by atoms with Gasteiger partial charge in [0.05, 0.1) is 24.8 Å². The maximum absolute atomic E-state index is 10.3.